The summed E-state index contributed by atoms with van der Waals surface area (Å²) < 4.78 is 0. The number of nitrogens with zero attached hydrogens (tertiary/aromatic N) is 1. The standard InChI is InChI=1S/C17H20N2/c1-2-4-15(5-3-1)17-13-19-11-8-16(17)12-14-6-9-18-10-7-14/h1-5,8,11,13-14,18H,6-7,9-10,12H2. The molecule has 19 heavy (non-hydrogen) atoms. The number of pyridine rings is 1. The van der Waals surface area contributed by atoms with Gasteiger partial charge in [-0.2, -0.15) is 0 Å². The average Bonchev–Trinajstić information content (AvgIpc) is 2.50. The number of hydrogen-bond acceptors (Lipinski definition) is 2. The average molecular weight is 252 g/mol. The van der Waals surface area contributed by atoms with Gasteiger partial charge in [0.2, 0.25) is 0 Å². The molecule has 0 radical (unpaired) electrons. The molecule has 0 aliphatic carbocycles. The highest BCUT2D eigenvalue weighted by molar-refractivity contribution is 5.66. The van der Waals surface area contributed by atoms with Crippen LogP contribution >= 0.6 is 0 Å². The molecular weight excluding hydrogens is 232 g/mol. The van der Waals surface area contributed by atoms with Gasteiger partial charge in [-0.25, -0.2) is 0 Å². The van der Waals surface area contributed by atoms with E-state index in [1.165, 1.54) is 36.0 Å². The third-order valence-corrected chi connectivity index (χ3v) is 3.96. The predicted octanol–water partition coefficient (Wildman–Crippen LogP) is 3.29. The summed E-state index contributed by atoms with van der Waals surface area (Å²) in [6.07, 6.45) is 7.68. The maximum atomic E-state index is 4.30. The van der Waals surface area contributed by atoms with Gasteiger partial charge in [-0.05, 0) is 55.5 Å². The van der Waals surface area contributed by atoms with E-state index < -0.39 is 0 Å². The fourth-order valence-electron chi connectivity index (χ4n) is 2.88. The second-order valence-electron chi connectivity index (χ2n) is 5.30. The molecule has 2 nitrogen and oxygen atoms in total. The Morgan fingerprint density at radius 3 is 2.63 bits per heavy atom. The highest BCUT2D eigenvalue weighted by Crippen LogP contribution is 2.26. The summed E-state index contributed by atoms with van der Waals surface area (Å²) in [4.78, 5) is 4.30. The van der Waals surface area contributed by atoms with Gasteiger partial charge >= 0.3 is 0 Å². The van der Waals surface area contributed by atoms with Crippen LogP contribution in [0.15, 0.2) is 48.8 Å². The van der Waals surface area contributed by atoms with Gasteiger partial charge in [0.25, 0.3) is 0 Å². The molecule has 3 rings (SSSR count). The topological polar surface area (TPSA) is 24.9 Å². The maximum Gasteiger partial charge on any atom is 0.0349 e. The Morgan fingerprint density at radius 1 is 1.05 bits per heavy atom. The molecule has 2 heteroatoms. The zero-order chi connectivity index (χ0) is 12.9. The number of aromatic nitrogens is 1. The van der Waals surface area contributed by atoms with Crippen molar-refractivity contribution >= 4 is 0 Å². The molecule has 1 fully saturated rings. The molecule has 1 aliphatic heterocycles. The first-order valence-corrected chi connectivity index (χ1v) is 7.12. The van der Waals surface area contributed by atoms with Crippen molar-refractivity contribution in [2.45, 2.75) is 19.3 Å². The second-order valence-corrected chi connectivity index (χ2v) is 5.30. The van der Waals surface area contributed by atoms with Crippen LogP contribution in [0.2, 0.25) is 0 Å². The van der Waals surface area contributed by atoms with Crippen LogP contribution in [0.4, 0.5) is 0 Å². The fraction of sp³-hybridized carbons (Fsp3) is 0.353. The molecule has 1 saturated heterocycles. The summed E-state index contributed by atoms with van der Waals surface area (Å²) in [5.41, 5.74) is 4.01. The van der Waals surface area contributed by atoms with Crippen LogP contribution in [-0.4, -0.2) is 18.1 Å². The van der Waals surface area contributed by atoms with E-state index in [1.54, 1.807) is 0 Å². The Balaban J connectivity index is 1.85. The molecule has 2 heterocycles. The Morgan fingerprint density at radius 2 is 1.84 bits per heavy atom. The first-order valence-electron chi connectivity index (χ1n) is 7.12. The van der Waals surface area contributed by atoms with Crippen LogP contribution in [0.3, 0.4) is 0 Å². The van der Waals surface area contributed by atoms with E-state index in [-0.39, 0.29) is 0 Å². The van der Waals surface area contributed by atoms with Crippen LogP contribution in [0.25, 0.3) is 11.1 Å². The van der Waals surface area contributed by atoms with E-state index in [4.69, 9.17) is 0 Å². The van der Waals surface area contributed by atoms with Gasteiger partial charge in [-0.15, -0.1) is 0 Å². The third kappa shape index (κ3) is 3.02. The third-order valence-electron chi connectivity index (χ3n) is 3.96. The van der Waals surface area contributed by atoms with Gasteiger partial charge in [0.1, 0.15) is 0 Å². The Bertz CT molecular complexity index is 516. The van der Waals surface area contributed by atoms with Crippen molar-refractivity contribution in [2.75, 3.05) is 13.1 Å². The minimum absolute atomic E-state index is 0.811. The normalized spacial score (nSPS) is 16.4. The smallest absolute Gasteiger partial charge is 0.0349 e. The van der Waals surface area contributed by atoms with E-state index >= 15 is 0 Å². The number of nitrogens with one attached hydrogen (secondary N) is 1. The molecule has 0 bridgehead atoms. The van der Waals surface area contributed by atoms with Gasteiger partial charge in [0.05, 0.1) is 0 Å². The lowest BCUT2D eigenvalue weighted by molar-refractivity contribution is 0.373. The molecule has 1 aliphatic rings. The monoisotopic (exact) mass is 252 g/mol. The molecule has 0 saturated carbocycles. The molecule has 98 valence electrons. The lowest BCUT2D eigenvalue weighted by Gasteiger charge is -2.23. The number of piperidine rings is 1. The van der Waals surface area contributed by atoms with Gasteiger partial charge in [-0.1, -0.05) is 30.3 Å². The van der Waals surface area contributed by atoms with Crippen molar-refractivity contribution in [3.63, 3.8) is 0 Å². The highest BCUT2D eigenvalue weighted by atomic mass is 14.9. The lowest BCUT2D eigenvalue weighted by atomic mass is 9.88. The van der Waals surface area contributed by atoms with E-state index in [2.05, 4.69) is 46.7 Å². The van der Waals surface area contributed by atoms with Crippen molar-refractivity contribution in [1.29, 1.82) is 0 Å². The van der Waals surface area contributed by atoms with E-state index in [0.29, 0.717) is 0 Å². The van der Waals surface area contributed by atoms with Crippen LogP contribution in [0.1, 0.15) is 18.4 Å². The molecule has 1 N–H and O–H groups in total. The van der Waals surface area contributed by atoms with Crippen molar-refractivity contribution in [3.8, 4) is 11.1 Å². The summed E-state index contributed by atoms with van der Waals surface area (Å²) in [5.74, 6) is 0.811. The Labute approximate surface area is 114 Å². The summed E-state index contributed by atoms with van der Waals surface area (Å²) >= 11 is 0. The number of benzene rings is 1. The van der Waals surface area contributed by atoms with Crippen molar-refractivity contribution < 1.29 is 0 Å². The fourth-order valence-corrected chi connectivity index (χ4v) is 2.88. The molecule has 1 aromatic carbocycles. The van der Waals surface area contributed by atoms with Crippen molar-refractivity contribution in [3.05, 3.63) is 54.4 Å². The molecular formula is C17H20N2. The van der Waals surface area contributed by atoms with Crippen LogP contribution in [0, 0.1) is 5.92 Å². The van der Waals surface area contributed by atoms with E-state index in [9.17, 15) is 0 Å². The van der Waals surface area contributed by atoms with Gasteiger partial charge < -0.3 is 5.32 Å². The first kappa shape index (κ1) is 12.4. The van der Waals surface area contributed by atoms with Crippen LogP contribution < -0.4 is 5.32 Å². The van der Waals surface area contributed by atoms with Crippen LogP contribution in [0.5, 0.6) is 0 Å². The Kier molecular flexibility index (Phi) is 3.89. The number of hydrogen-bond donors (Lipinski definition) is 1. The largest absolute Gasteiger partial charge is 0.317 e. The van der Waals surface area contributed by atoms with E-state index in [0.717, 1.165) is 19.0 Å². The minimum atomic E-state index is 0.811. The molecule has 2 aromatic rings. The van der Waals surface area contributed by atoms with Crippen molar-refractivity contribution in [2.24, 2.45) is 5.92 Å². The van der Waals surface area contributed by atoms with Crippen molar-refractivity contribution in [1.82, 2.24) is 10.3 Å². The minimum Gasteiger partial charge on any atom is -0.317 e. The quantitative estimate of drug-likeness (QED) is 0.906. The van der Waals surface area contributed by atoms with E-state index in [1.807, 2.05) is 12.4 Å². The molecule has 0 atom stereocenters. The van der Waals surface area contributed by atoms with Gasteiger partial charge in [-0.3, -0.25) is 4.98 Å². The summed E-state index contributed by atoms with van der Waals surface area (Å²) in [6.45, 7) is 2.33. The summed E-state index contributed by atoms with van der Waals surface area (Å²) in [5, 5.41) is 3.43. The zero-order valence-corrected chi connectivity index (χ0v) is 11.2. The molecule has 1 aromatic heterocycles. The predicted molar refractivity (Wildman–Crippen MR) is 79.0 cm³/mol. The van der Waals surface area contributed by atoms with Crippen LogP contribution in [-0.2, 0) is 6.42 Å². The lowest BCUT2D eigenvalue weighted by Crippen LogP contribution is -2.28. The maximum absolute atomic E-state index is 4.30. The summed E-state index contributed by atoms with van der Waals surface area (Å²) in [7, 11) is 0. The molecule has 0 amide bonds. The van der Waals surface area contributed by atoms with Gasteiger partial charge in [0, 0.05) is 18.0 Å². The first-order chi connectivity index (χ1) is 9.43. The SMILES string of the molecule is c1ccc(-c2cnccc2CC2CCNCC2)cc1. The number of rotatable bonds is 3. The molecule has 0 unspecified atom stereocenters. The summed E-state index contributed by atoms with van der Waals surface area (Å²) in [6, 6.07) is 12.8. The van der Waals surface area contributed by atoms with Gasteiger partial charge in [0.15, 0.2) is 0 Å². The molecule has 0 spiro atoms. The Hall–Kier alpha value is -1.67. The second kappa shape index (κ2) is 5.98. The zero-order valence-electron chi connectivity index (χ0n) is 11.2. The highest BCUT2D eigenvalue weighted by Gasteiger charge is 2.15.